The second-order valence-electron chi connectivity index (χ2n) is 6.89. The Morgan fingerprint density at radius 2 is 1.92 bits per heavy atom. The molecule has 0 unspecified atom stereocenters. The molecule has 0 amide bonds. The van der Waals surface area contributed by atoms with Gasteiger partial charge in [-0.25, -0.2) is 4.39 Å². The van der Waals surface area contributed by atoms with Crippen molar-refractivity contribution >= 4 is 0 Å². The maximum absolute atomic E-state index is 13.8. The van der Waals surface area contributed by atoms with Crippen molar-refractivity contribution in [2.75, 3.05) is 13.2 Å². The molecule has 1 aliphatic carbocycles. The first-order valence-corrected chi connectivity index (χ1v) is 8.75. The zero-order valence-corrected chi connectivity index (χ0v) is 13.9. The Balaban J connectivity index is 1.52. The molecule has 0 spiro atoms. The van der Waals surface area contributed by atoms with Crippen LogP contribution in [0.2, 0.25) is 0 Å². The van der Waals surface area contributed by atoms with E-state index in [0.717, 1.165) is 50.9 Å². The summed E-state index contributed by atoms with van der Waals surface area (Å²) in [6.07, 6.45) is 6.84. The predicted molar refractivity (Wildman–Crippen MR) is 89.8 cm³/mol. The topological polar surface area (TPSA) is 42.2 Å². The Bertz CT molecular complexity index is 609. The lowest BCUT2D eigenvalue weighted by Gasteiger charge is -2.37. The van der Waals surface area contributed by atoms with Gasteiger partial charge in [-0.1, -0.05) is 12.1 Å². The minimum absolute atomic E-state index is 0.0929. The number of rotatable bonds is 4. The molecule has 4 heteroatoms. The van der Waals surface area contributed by atoms with Crippen LogP contribution in [0.1, 0.15) is 49.1 Å². The summed E-state index contributed by atoms with van der Waals surface area (Å²) in [5.41, 5.74) is 1.12. The molecule has 0 bridgehead atoms. The maximum atomic E-state index is 13.8. The molecule has 1 aromatic rings. The van der Waals surface area contributed by atoms with Crippen molar-refractivity contribution in [1.29, 1.82) is 5.26 Å². The highest BCUT2D eigenvalue weighted by Crippen LogP contribution is 2.39. The van der Waals surface area contributed by atoms with Crippen molar-refractivity contribution < 1.29 is 13.9 Å². The van der Waals surface area contributed by atoms with E-state index >= 15 is 0 Å². The van der Waals surface area contributed by atoms with Gasteiger partial charge in [-0.3, -0.25) is 0 Å². The van der Waals surface area contributed by atoms with E-state index in [0.29, 0.717) is 17.8 Å². The van der Waals surface area contributed by atoms with Crippen LogP contribution in [-0.2, 0) is 9.47 Å². The van der Waals surface area contributed by atoms with Gasteiger partial charge in [-0.2, -0.15) is 5.26 Å². The largest absolute Gasteiger partial charge is 0.352 e. The van der Waals surface area contributed by atoms with E-state index in [1.54, 1.807) is 6.07 Å². The average Bonchev–Trinajstić information content (AvgIpc) is 2.63. The number of nitriles is 1. The molecule has 3 rings (SSSR count). The lowest BCUT2D eigenvalue weighted by molar-refractivity contribution is -0.228. The van der Waals surface area contributed by atoms with Crippen LogP contribution in [0.15, 0.2) is 30.9 Å². The third-order valence-corrected chi connectivity index (χ3v) is 5.23. The van der Waals surface area contributed by atoms with Gasteiger partial charge in [0.1, 0.15) is 11.9 Å². The molecule has 0 aromatic heterocycles. The fraction of sp³-hybridized carbons (Fsp3) is 0.550. The first-order valence-electron chi connectivity index (χ1n) is 8.75. The summed E-state index contributed by atoms with van der Waals surface area (Å²) < 4.78 is 25.6. The van der Waals surface area contributed by atoms with E-state index in [1.807, 2.05) is 18.2 Å². The van der Waals surface area contributed by atoms with Gasteiger partial charge >= 0.3 is 0 Å². The number of allylic oxidation sites excluding steroid dienone is 1. The third-order valence-electron chi connectivity index (χ3n) is 5.23. The number of ether oxygens (including phenoxy) is 2. The molecule has 1 saturated carbocycles. The lowest BCUT2D eigenvalue weighted by Crippen LogP contribution is -2.38. The molecular formula is C20H24FNO2. The van der Waals surface area contributed by atoms with Crippen molar-refractivity contribution in [3.8, 4) is 6.07 Å². The molecule has 128 valence electrons. The average molecular weight is 329 g/mol. The second kappa shape index (κ2) is 7.92. The predicted octanol–water partition coefficient (Wildman–Crippen LogP) is 4.54. The van der Waals surface area contributed by atoms with Crippen LogP contribution in [-0.4, -0.2) is 19.5 Å². The van der Waals surface area contributed by atoms with Crippen molar-refractivity contribution in [3.05, 3.63) is 47.8 Å². The van der Waals surface area contributed by atoms with Crippen molar-refractivity contribution in [1.82, 2.24) is 0 Å². The van der Waals surface area contributed by atoms with E-state index in [9.17, 15) is 4.39 Å². The second-order valence-corrected chi connectivity index (χ2v) is 6.89. The zero-order chi connectivity index (χ0) is 16.9. The number of nitrogens with zero attached hydrogens (tertiary/aromatic N) is 1. The van der Waals surface area contributed by atoms with Gasteiger partial charge in [0.15, 0.2) is 6.29 Å². The van der Waals surface area contributed by atoms with Gasteiger partial charge in [0.05, 0.1) is 18.8 Å². The summed E-state index contributed by atoms with van der Waals surface area (Å²) in [6.45, 7) is 5.26. The Morgan fingerprint density at radius 3 is 2.50 bits per heavy atom. The maximum Gasteiger partial charge on any atom is 0.160 e. The van der Waals surface area contributed by atoms with Crippen LogP contribution in [0.4, 0.5) is 4.39 Å². The van der Waals surface area contributed by atoms with Crippen LogP contribution in [0.25, 0.3) is 0 Å². The van der Waals surface area contributed by atoms with E-state index in [2.05, 4.69) is 6.58 Å². The monoisotopic (exact) mass is 329 g/mol. The summed E-state index contributed by atoms with van der Waals surface area (Å²) >= 11 is 0. The normalized spacial score (nSPS) is 30.5. The molecule has 0 N–H and O–H groups in total. The minimum atomic E-state index is -0.413. The Kier molecular flexibility index (Phi) is 5.65. The number of hydrogen-bond acceptors (Lipinski definition) is 3. The molecule has 1 heterocycles. The van der Waals surface area contributed by atoms with Gasteiger partial charge < -0.3 is 9.47 Å². The number of benzene rings is 1. The fourth-order valence-electron chi connectivity index (χ4n) is 3.80. The first kappa shape index (κ1) is 17.1. The van der Waals surface area contributed by atoms with Gasteiger partial charge in [0, 0.05) is 11.8 Å². The molecule has 2 fully saturated rings. The molecule has 1 saturated heterocycles. The third kappa shape index (κ3) is 3.85. The Morgan fingerprint density at radius 1 is 1.21 bits per heavy atom. The van der Waals surface area contributed by atoms with E-state index in [-0.39, 0.29) is 11.9 Å². The number of hydrogen-bond donors (Lipinski definition) is 0. The van der Waals surface area contributed by atoms with Crippen LogP contribution in [0.5, 0.6) is 0 Å². The summed E-state index contributed by atoms with van der Waals surface area (Å²) in [6, 6.07) is 6.87. The molecule has 0 atom stereocenters. The first-order chi connectivity index (χ1) is 11.7. The van der Waals surface area contributed by atoms with Crippen LogP contribution in [0.3, 0.4) is 0 Å². The molecule has 1 aliphatic heterocycles. The quantitative estimate of drug-likeness (QED) is 0.762. The highest BCUT2D eigenvalue weighted by molar-refractivity contribution is 5.34. The Hall–Kier alpha value is -1.70. The van der Waals surface area contributed by atoms with Crippen LogP contribution >= 0.6 is 0 Å². The smallest absolute Gasteiger partial charge is 0.160 e. The standard InChI is InChI=1S/C20H24FNO2/c1-2-3-14-12-23-20(24-13-14)16-6-4-15(5-7-16)17-8-9-18(11-22)19(21)10-17/h2,8-10,14-16,20H,1,3-7,12-13H2. The number of halogens is 1. The molecule has 2 aliphatic rings. The van der Waals surface area contributed by atoms with Crippen molar-refractivity contribution in [2.24, 2.45) is 11.8 Å². The van der Waals surface area contributed by atoms with Gasteiger partial charge in [-0.05, 0) is 55.7 Å². The van der Waals surface area contributed by atoms with E-state index in [4.69, 9.17) is 14.7 Å². The van der Waals surface area contributed by atoms with Crippen molar-refractivity contribution in [3.63, 3.8) is 0 Å². The molecule has 3 nitrogen and oxygen atoms in total. The summed E-state index contributed by atoms with van der Waals surface area (Å²) in [4.78, 5) is 0. The highest BCUT2D eigenvalue weighted by Gasteiger charge is 2.32. The Labute approximate surface area is 143 Å². The van der Waals surface area contributed by atoms with E-state index < -0.39 is 5.82 Å². The van der Waals surface area contributed by atoms with Gasteiger partial charge in [-0.15, -0.1) is 6.58 Å². The molecule has 1 aromatic carbocycles. The summed E-state index contributed by atoms with van der Waals surface area (Å²) in [5, 5.41) is 8.83. The van der Waals surface area contributed by atoms with Gasteiger partial charge in [0.2, 0.25) is 0 Å². The SMILES string of the molecule is C=CCC1COC(C2CCC(c3ccc(C#N)c(F)c3)CC2)OC1. The minimum Gasteiger partial charge on any atom is -0.352 e. The lowest BCUT2D eigenvalue weighted by atomic mass is 9.78. The van der Waals surface area contributed by atoms with Gasteiger partial charge in [0.25, 0.3) is 0 Å². The van der Waals surface area contributed by atoms with Crippen LogP contribution < -0.4 is 0 Å². The van der Waals surface area contributed by atoms with Crippen LogP contribution in [0, 0.1) is 29.0 Å². The molecule has 0 radical (unpaired) electrons. The summed E-state index contributed by atoms with van der Waals surface area (Å²) in [5.74, 6) is 0.802. The zero-order valence-electron chi connectivity index (χ0n) is 13.9. The molecule has 24 heavy (non-hydrogen) atoms. The molecular weight excluding hydrogens is 305 g/mol. The fourth-order valence-corrected chi connectivity index (χ4v) is 3.80. The highest BCUT2D eigenvalue weighted by atomic mass is 19.1. The van der Waals surface area contributed by atoms with E-state index in [1.165, 1.54) is 6.07 Å². The summed E-state index contributed by atoms with van der Waals surface area (Å²) in [7, 11) is 0. The van der Waals surface area contributed by atoms with Crippen molar-refractivity contribution in [2.45, 2.75) is 44.3 Å².